The van der Waals surface area contributed by atoms with E-state index in [2.05, 4.69) is 34.7 Å². The maximum Gasteiger partial charge on any atom is 0.275 e. The first-order valence-electron chi connectivity index (χ1n) is 8.52. The van der Waals surface area contributed by atoms with E-state index in [1.807, 2.05) is 30.3 Å². The van der Waals surface area contributed by atoms with Gasteiger partial charge in [-0.3, -0.25) is 4.79 Å². The van der Waals surface area contributed by atoms with Crippen LogP contribution in [-0.2, 0) is 6.42 Å². The fraction of sp³-hybridized carbons (Fsp3) is 0.200. The maximum absolute atomic E-state index is 12.4. The Morgan fingerprint density at radius 3 is 2.69 bits per heavy atom. The number of unbranched alkanes of at least 4 members (excludes halogenated alkanes) is 1. The SMILES string of the molecule is CCCCc1ccc(NC(=O)c2csc(Nc3cccc(Cl)c3)n2)cc1. The van der Waals surface area contributed by atoms with Crippen LogP contribution in [0.3, 0.4) is 0 Å². The minimum atomic E-state index is -0.221. The highest BCUT2D eigenvalue weighted by molar-refractivity contribution is 7.14. The summed E-state index contributed by atoms with van der Waals surface area (Å²) in [5, 5.41) is 9.06. The third kappa shape index (κ3) is 5.07. The molecule has 1 amide bonds. The van der Waals surface area contributed by atoms with Crippen LogP contribution in [0.5, 0.6) is 0 Å². The van der Waals surface area contributed by atoms with Crippen molar-refractivity contribution in [3.8, 4) is 0 Å². The van der Waals surface area contributed by atoms with Gasteiger partial charge in [-0.2, -0.15) is 0 Å². The van der Waals surface area contributed by atoms with Crippen molar-refractivity contribution in [2.24, 2.45) is 0 Å². The minimum Gasteiger partial charge on any atom is -0.331 e. The lowest BCUT2D eigenvalue weighted by molar-refractivity contribution is 0.102. The van der Waals surface area contributed by atoms with Crippen LogP contribution in [-0.4, -0.2) is 10.9 Å². The summed E-state index contributed by atoms with van der Waals surface area (Å²) in [5.74, 6) is -0.221. The molecule has 134 valence electrons. The zero-order chi connectivity index (χ0) is 18.4. The lowest BCUT2D eigenvalue weighted by Gasteiger charge is -2.05. The third-order valence-corrected chi connectivity index (χ3v) is 4.84. The molecule has 1 heterocycles. The number of thiazole rings is 1. The summed E-state index contributed by atoms with van der Waals surface area (Å²) < 4.78 is 0. The highest BCUT2D eigenvalue weighted by Crippen LogP contribution is 2.23. The molecule has 0 fully saturated rings. The van der Waals surface area contributed by atoms with E-state index in [4.69, 9.17) is 11.6 Å². The predicted molar refractivity (Wildman–Crippen MR) is 110 cm³/mol. The smallest absolute Gasteiger partial charge is 0.275 e. The van der Waals surface area contributed by atoms with E-state index in [1.165, 1.54) is 29.7 Å². The monoisotopic (exact) mass is 385 g/mol. The Labute approximate surface area is 162 Å². The van der Waals surface area contributed by atoms with Crippen LogP contribution < -0.4 is 10.6 Å². The highest BCUT2D eigenvalue weighted by atomic mass is 35.5. The van der Waals surface area contributed by atoms with E-state index in [-0.39, 0.29) is 5.91 Å². The predicted octanol–water partition coefficient (Wildman–Crippen LogP) is 6.14. The van der Waals surface area contributed by atoms with E-state index in [9.17, 15) is 4.79 Å². The number of rotatable bonds is 7. The van der Waals surface area contributed by atoms with Gasteiger partial charge in [0.05, 0.1) is 0 Å². The van der Waals surface area contributed by atoms with E-state index in [0.717, 1.165) is 17.8 Å². The van der Waals surface area contributed by atoms with Gasteiger partial charge < -0.3 is 10.6 Å². The van der Waals surface area contributed by atoms with E-state index >= 15 is 0 Å². The first-order valence-corrected chi connectivity index (χ1v) is 9.78. The van der Waals surface area contributed by atoms with Crippen molar-refractivity contribution in [1.82, 2.24) is 4.98 Å². The molecular formula is C20H20ClN3OS. The number of hydrogen-bond donors (Lipinski definition) is 2. The van der Waals surface area contributed by atoms with Gasteiger partial charge in [-0.05, 0) is 48.7 Å². The second kappa shape index (κ2) is 8.83. The topological polar surface area (TPSA) is 54.0 Å². The second-order valence-corrected chi connectivity index (χ2v) is 7.22. The summed E-state index contributed by atoms with van der Waals surface area (Å²) >= 11 is 7.35. The van der Waals surface area contributed by atoms with Gasteiger partial charge in [-0.15, -0.1) is 11.3 Å². The van der Waals surface area contributed by atoms with Gasteiger partial charge in [0.1, 0.15) is 5.69 Å². The van der Waals surface area contributed by atoms with Gasteiger partial charge >= 0.3 is 0 Å². The largest absolute Gasteiger partial charge is 0.331 e. The zero-order valence-electron chi connectivity index (χ0n) is 14.5. The fourth-order valence-electron chi connectivity index (χ4n) is 2.46. The molecule has 2 aromatic carbocycles. The molecule has 3 rings (SSSR count). The molecule has 2 N–H and O–H groups in total. The van der Waals surface area contributed by atoms with Crippen molar-refractivity contribution in [3.63, 3.8) is 0 Å². The maximum atomic E-state index is 12.4. The molecule has 0 radical (unpaired) electrons. The molecule has 0 aliphatic heterocycles. The van der Waals surface area contributed by atoms with Crippen LogP contribution in [0.25, 0.3) is 0 Å². The molecule has 3 aromatic rings. The van der Waals surface area contributed by atoms with Gasteiger partial charge in [0, 0.05) is 21.8 Å². The van der Waals surface area contributed by atoms with Crippen molar-refractivity contribution >= 4 is 45.4 Å². The van der Waals surface area contributed by atoms with Crippen LogP contribution in [0.4, 0.5) is 16.5 Å². The molecule has 0 aliphatic carbocycles. The van der Waals surface area contributed by atoms with Crippen molar-refractivity contribution in [2.75, 3.05) is 10.6 Å². The summed E-state index contributed by atoms with van der Waals surface area (Å²) in [5.41, 5.74) is 3.27. The number of nitrogens with one attached hydrogen (secondary N) is 2. The third-order valence-electron chi connectivity index (χ3n) is 3.84. The van der Waals surface area contributed by atoms with Crippen LogP contribution in [0, 0.1) is 0 Å². The molecule has 0 saturated heterocycles. The lowest BCUT2D eigenvalue weighted by Crippen LogP contribution is -2.12. The Morgan fingerprint density at radius 2 is 1.96 bits per heavy atom. The first-order chi connectivity index (χ1) is 12.6. The number of halogens is 1. The number of carbonyl (C=O) groups is 1. The second-order valence-electron chi connectivity index (χ2n) is 5.93. The summed E-state index contributed by atoms with van der Waals surface area (Å²) in [6, 6.07) is 15.3. The van der Waals surface area contributed by atoms with Crippen LogP contribution in [0.15, 0.2) is 53.9 Å². The molecule has 6 heteroatoms. The molecule has 0 aliphatic rings. The quantitative estimate of drug-likeness (QED) is 0.514. The van der Waals surface area contributed by atoms with Gasteiger partial charge in [0.2, 0.25) is 0 Å². The van der Waals surface area contributed by atoms with E-state index in [0.29, 0.717) is 15.8 Å². The zero-order valence-corrected chi connectivity index (χ0v) is 16.0. The van der Waals surface area contributed by atoms with Gasteiger partial charge in [-0.25, -0.2) is 4.98 Å². The Morgan fingerprint density at radius 1 is 1.15 bits per heavy atom. The van der Waals surface area contributed by atoms with Gasteiger partial charge in [-0.1, -0.05) is 43.1 Å². The average Bonchev–Trinajstić information content (AvgIpc) is 3.10. The van der Waals surface area contributed by atoms with Gasteiger partial charge in [0.15, 0.2) is 5.13 Å². The number of benzene rings is 2. The number of hydrogen-bond acceptors (Lipinski definition) is 4. The molecule has 0 unspecified atom stereocenters. The first kappa shape index (κ1) is 18.4. The minimum absolute atomic E-state index is 0.221. The van der Waals surface area contributed by atoms with E-state index < -0.39 is 0 Å². The number of aromatic nitrogens is 1. The molecule has 0 atom stereocenters. The molecule has 26 heavy (non-hydrogen) atoms. The van der Waals surface area contributed by atoms with Crippen molar-refractivity contribution in [1.29, 1.82) is 0 Å². The fourth-order valence-corrected chi connectivity index (χ4v) is 3.36. The van der Waals surface area contributed by atoms with Crippen molar-refractivity contribution in [3.05, 3.63) is 70.2 Å². The molecular weight excluding hydrogens is 366 g/mol. The molecule has 0 saturated carbocycles. The van der Waals surface area contributed by atoms with Crippen LogP contribution in [0.1, 0.15) is 35.8 Å². The van der Waals surface area contributed by atoms with Crippen LogP contribution >= 0.6 is 22.9 Å². The van der Waals surface area contributed by atoms with Crippen molar-refractivity contribution in [2.45, 2.75) is 26.2 Å². The van der Waals surface area contributed by atoms with Crippen LogP contribution in [0.2, 0.25) is 5.02 Å². The molecule has 0 spiro atoms. The highest BCUT2D eigenvalue weighted by Gasteiger charge is 2.11. The summed E-state index contributed by atoms with van der Waals surface area (Å²) in [6.45, 7) is 2.18. The number of aryl methyl sites for hydroxylation is 1. The number of amides is 1. The molecule has 1 aromatic heterocycles. The Balaban J connectivity index is 1.61. The number of anilines is 3. The Bertz CT molecular complexity index is 877. The summed E-state index contributed by atoms with van der Waals surface area (Å²) in [6.07, 6.45) is 3.41. The molecule has 4 nitrogen and oxygen atoms in total. The Hall–Kier alpha value is -2.37. The normalized spacial score (nSPS) is 10.5. The van der Waals surface area contributed by atoms with Crippen molar-refractivity contribution < 1.29 is 4.79 Å². The number of carbonyl (C=O) groups excluding carboxylic acids is 1. The number of nitrogens with zero attached hydrogens (tertiary/aromatic N) is 1. The summed E-state index contributed by atoms with van der Waals surface area (Å²) in [4.78, 5) is 16.7. The average molecular weight is 386 g/mol. The standard InChI is InChI=1S/C20H20ClN3OS/c1-2-3-5-14-8-10-16(11-9-14)22-19(25)18-13-26-20(24-18)23-17-7-4-6-15(21)12-17/h4,6-13H,2-3,5H2,1H3,(H,22,25)(H,23,24). The lowest BCUT2D eigenvalue weighted by atomic mass is 10.1. The van der Waals surface area contributed by atoms with E-state index in [1.54, 1.807) is 11.4 Å². The summed E-state index contributed by atoms with van der Waals surface area (Å²) in [7, 11) is 0. The molecule has 0 bridgehead atoms. The Kier molecular flexibility index (Phi) is 6.26. The van der Waals surface area contributed by atoms with Gasteiger partial charge in [0.25, 0.3) is 5.91 Å².